The lowest BCUT2D eigenvalue weighted by molar-refractivity contribution is 0.242. The molecule has 3 fully saturated rings. The number of hydrogen-bond acceptors (Lipinski definition) is 3. The van der Waals surface area contributed by atoms with Crippen LogP contribution in [0.15, 0.2) is 35.1 Å². The van der Waals surface area contributed by atoms with Gasteiger partial charge in [0, 0.05) is 24.0 Å². The van der Waals surface area contributed by atoms with Gasteiger partial charge in [0.05, 0.1) is 11.4 Å². The number of benzene rings is 1. The summed E-state index contributed by atoms with van der Waals surface area (Å²) in [4.78, 5) is 2.36. The van der Waals surface area contributed by atoms with Crippen molar-refractivity contribution < 1.29 is 0 Å². The van der Waals surface area contributed by atoms with Gasteiger partial charge in [0.2, 0.25) is 0 Å². The Labute approximate surface area is 124 Å². The van der Waals surface area contributed by atoms with E-state index in [0.717, 1.165) is 47.9 Å². The largest absolute Gasteiger partial charge is 0.370 e. The van der Waals surface area contributed by atoms with Gasteiger partial charge in [-0.15, -0.1) is 12.4 Å². The first-order chi connectivity index (χ1) is 8.79. The summed E-state index contributed by atoms with van der Waals surface area (Å²) in [5, 5.41) is 4.77. The van der Waals surface area contributed by atoms with Gasteiger partial charge in [-0.25, -0.2) is 0 Å². The van der Waals surface area contributed by atoms with Crippen LogP contribution in [0.3, 0.4) is 0 Å². The fourth-order valence-corrected chi connectivity index (χ4v) is 3.03. The van der Waals surface area contributed by atoms with E-state index in [1.165, 1.54) is 0 Å². The van der Waals surface area contributed by atoms with Gasteiger partial charge in [0.25, 0.3) is 0 Å². The maximum Gasteiger partial charge on any atom is 0.0865 e. The van der Waals surface area contributed by atoms with Crippen molar-refractivity contribution in [1.29, 1.82) is 0 Å². The number of rotatable bonds is 1. The topological polar surface area (TPSA) is 41.6 Å². The first-order valence-electron chi connectivity index (χ1n) is 6.29. The zero-order valence-electron chi connectivity index (χ0n) is 10.6. The second-order valence-corrected chi connectivity index (χ2v) is 5.23. The average molecular weight is 298 g/mol. The van der Waals surface area contributed by atoms with Crippen LogP contribution in [0.5, 0.6) is 0 Å². The number of hydrazone groups is 1. The summed E-state index contributed by atoms with van der Waals surface area (Å²) < 4.78 is 0. The third-order valence-corrected chi connectivity index (χ3v) is 4.17. The lowest BCUT2D eigenvalue weighted by Gasteiger charge is -2.43. The molecule has 0 radical (unpaired) electrons. The minimum Gasteiger partial charge on any atom is -0.370 e. The maximum absolute atomic E-state index is 6.20. The summed E-state index contributed by atoms with van der Waals surface area (Å²) in [6.45, 7) is 2.19. The Morgan fingerprint density at radius 3 is 2.58 bits per heavy atom. The van der Waals surface area contributed by atoms with Crippen LogP contribution in [-0.4, -0.2) is 23.7 Å². The summed E-state index contributed by atoms with van der Waals surface area (Å²) in [6, 6.07) is 7.86. The van der Waals surface area contributed by atoms with Crippen LogP contribution in [0, 0.1) is 5.92 Å². The highest BCUT2D eigenvalue weighted by molar-refractivity contribution is 6.32. The van der Waals surface area contributed by atoms with E-state index in [4.69, 9.17) is 17.4 Å². The Morgan fingerprint density at radius 1 is 1.26 bits per heavy atom. The van der Waals surface area contributed by atoms with E-state index in [2.05, 4.69) is 16.1 Å². The number of hydrogen-bond donors (Lipinski definition) is 1. The summed E-state index contributed by atoms with van der Waals surface area (Å²) in [7, 11) is 0. The monoisotopic (exact) mass is 297 g/mol. The number of fused-ring (bicyclic) bond motifs is 3. The van der Waals surface area contributed by atoms with Crippen molar-refractivity contribution in [2.45, 2.75) is 12.8 Å². The van der Waals surface area contributed by atoms with Crippen LogP contribution in [0.25, 0.3) is 6.08 Å². The predicted molar refractivity (Wildman–Crippen MR) is 82.6 cm³/mol. The fourth-order valence-electron chi connectivity index (χ4n) is 2.84. The minimum absolute atomic E-state index is 0. The number of nitrogens with zero attached hydrogens (tertiary/aromatic N) is 2. The molecule has 5 heteroatoms. The molecule has 0 spiro atoms. The molecular weight excluding hydrogens is 281 g/mol. The van der Waals surface area contributed by atoms with Crippen molar-refractivity contribution in [3.8, 4) is 0 Å². The van der Waals surface area contributed by atoms with Gasteiger partial charge in [0.1, 0.15) is 0 Å². The molecule has 3 heterocycles. The van der Waals surface area contributed by atoms with Gasteiger partial charge in [-0.1, -0.05) is 29.8 Å². The molecule has 4 rings (SSSR count). The van der Waals surface area contributed by atoms with Gasteiger partial charge in [-0.2, -0.15) is 5.10 Å². The van der Waals surface area contributed by atoms with E-state index < -0.39 is 0 Å². The van der Waals surface area contributed by atoms with Gasteiger partial charge in [0.15, 0.2) is 0 Å². The molecule has 102 valence electrons. The van der Waals surface area contributed by atoms with Crippen LogP contribution in [0.2, 0.25) is 5.02 Å². The summed E-state index contributed by atoms with van der Waals surface area (Å²) in [6.07, 6.45) is 4.44. The van der Waals surface area contributed by atoms with E-state index in [0.29, 0.717) is 5.92 Å². The van der Waals surface area contributed by atoms with Crippen molar-refractivity contribution in [3.63, 3.8) is 0 Å². The highest BCUT2D eigenvalue weighted by atomic mass is 35.5. The predicted octanol–water partition coefficient (Wildman–Crippen LogP) is 3.14. The zero-order chi connectivity index (χ0) is 12.5. The average Bonchev–Trinajstić information content (AvgIpc) is 2.42. The molecular formula is C14H17Cl2N3. The normalized spacial score (nSPS) is 22.9. The van der Waals surface area contributed by atoms with Gasteiger partial charge in [-0.3, -0.25) is 0 Å². The van der Waals surface area contributed by atoms with Crippen molar-refractivity contribution in [3.05, 3.63) is 40.5 Å². The zero-order valence-corrected chi connectivity index (χ0v) is 12.1. The standard InChI is InChI=1S/C14H16ClN3.ClH/c15-12-4-2-1-3-11(12)9-13-14(17-16)10-5-7-18(13)8-6-10;/h1-4,9-10H,5-8,16H2;1H/b13-9+,17-14+;. The first-order valence-corrected chi connectivity index (χ1v) is 6.66. The molecule has 3 saturated heterocycles. The number of halogens is 2. The molecule has 3 nitrogen and oxygen atoms in total. The Balaban J connectivity index is 0.00000133. The second kappa shape index (κ2) is 5.85. The van der Waals surface area contributed by atoms with Gasteiger partial charge < -0.3 is 10.7 Å². The number of nitrogens with two attached hydrogens (primary N) is 1. The molecule has 0 aliphatic carbocycles. The second-order valence-electron chi connectivity index (χ2n) is 4.83. The van der Waals surface area contributed by atoms with E-state index in [1.807, 2.05) is 24.3 Å². The van der Waals surface area contributed by atoms with Crippen LogP contribution >= 0.6 is 24.0 Å². The third kappa shape index (κ3) is 2.58. The minimum atomic E-state index is 0. The molecule has 2 N–H and O–H groups in total. The number of allylic oxidation sites excluding steroid dienone is 1. The van der Waals surface area contributed by atoms with E-state index in [9.17, 15) is 0 Å². The first kappa shape index (κ1) is 14.2. The molecule has 1 aromatic carbocycles. The molecule has 0 atom stereocenters. The van der Waals surface area contributed by atoms with Crippen LogP contribution < -0.4 is 5.84 Å². The van der Waals surface area contributed by atoms with Crippen LogP contribution in [-0.2, 0) is 0 Å². The lowest BCUT2D eigenvalue weighted by Crippen LogP contribution is -2.46. The quantitative estimate of drug-likeness (QED) is 0.639. The number of piperidine rings is 3. The van der Waals surface area contributed by atoms with E-state index in [-0.39, 0.29) is 12.4 Å². The summed E-state index contributed by atoms with van der Waals surface area (Å²) >= 11 is 6.20. The smallest absolute Gasteiger partial charge is 0.0865 e. The van der Waals surface area contributed by atoms with Crippen molar-refractivity contribution in [2.24, 2.45) is 16.9 Å². The van der Waals surface area contributed by atoms with Crippen LogP contribution in [0.1, 0.15) is 18.4 Å². The fraction of sp³-hybridized carbons (Fsp3) is 0.357. The van der Waals surface area contributed by atoms with E-state index in [1.54, 1.807) is 0 Å². The SMILES string of the molecule is Cl.N/N=C1/C(=C\c2ccccc2Cl)N2CCC1CC2. The summed E-state index contributed by atoms with van der Waals surface area (Å²) in [5.74, 6) is 6.08. The van der Waals surface area contributed by atoms with Crippen molar-refractivity contribution in [2.75, 3.05) is 13.1 Å². The molecule has 0 aromatic heterocycles. The van der Waals surface area contributed by atoms with E-state index >= 15 is 0 Å². The molecule has 2 bridgehead atoms. The van der Waals surface area contributed by atoms with Gasteiger partial charge >= 0.3 is 0 Å². The lowest BCUT2D eigenvalue weighted by atomic mass is 9.83. The molecule has 3 aliphatic rings. The van der Waals surface area contributed by atoms with Crippen molar-refractivity contribution in [1.82, 2.24) is 4.90 Å². The Hall–Kier alpha value is -1.19. The molecule has 19 heavy (non-hydrogen) atoms. The Bertz CT molecular complexity index is 517. The van der Waals surface area contributed by atoms with Crippen LogP contribution in [0.4, 0.5) is 0 Å². The van der Waals surface area contributed by atoms with Gasteiger partial charge in [-0.05, 0) is 30.5 Å². The Kier molecular flexibility index (Phi) is 4.38. The molecule has 0 amide bonds. The Morgan fingerprint density at radius 2 is 1.95 bits per heavy atom. The molecule has 0 saturated carbocycles. The highest BCUT2D eigenvalue weighted by Gasteiger charge is 2.34. The van der Waals surface area contributed by atoms with Crippen molar-refractivity contribution >= 4 is 35.8 Å². The molecule has 3 aliphatic heterocycles. The molecule has 0 unspecified atom stereocenters. The highest BCUT2D eigenvalue weighted by Crippen LogP contribution is 2.33. The molecule has 1 aromatic rings. The summed E-state index contributed by atoms with van der Waals surface area (Å²) in [5.41, 5.74) is 3.21. The maximum atomic E-state index is 6.20. The third-order valence-electron chi connectivity index (χ3n) is 3.82.